The van der Waals surface area contributed by atoms with Gasteiger partial charge in [-0.3, -0.25) is 39.1 Å². The number of nitrogens with one attached hydrogen (secondary N) is 2. The van der Waals surface area contributed by atoms with Gasteiger partial charge in [-0.2, -0.15) is 0 Å². The van der Waals surface area contributed by atoms with Gasteiger partial charge >= 0.3 is 7.12 Å². The zero-order valence-electron chi connectivity index (χ0n) is 37.0. The van der Waals surface area contributed by atoms with E-state index < -0.39 is 17.9 Å². The average Bonchev–Trinajstić information content (AvgIpc) is 3.31. The van der Waals surface area contributed by atoms with Crippen LogP contribution in [-0.4, -0.2) is 70.5 Å². The van der Waals surface area contributed by atoms with Crippen molar-refractivity contribution in [2.24, 2.45) is 10.8 Å². The smallest absolute Gasteiger partial charge is 0.423 e. The van der Waals surface area contributed by atoms with Crippen molar-refractivity contribution in [1.82, 2.24) is 29.9 Å². The van der Waals surface area contributed by atoms with E-state index in [0.717, 1.165) is 5.56 Å². The first kappa shape index (κ1) is 47.9. The first-order chi connectivity index (χ1) is 31.3. The zero-order valence-corrected chi connectivity index (χ0v) is 37.8. The fourth-order valence-corrected chi connectivity index (χ4v) is 6.05. The summed E-state index contributed by atoms with van der Waals surface area (Å²) in [6, 6.07) is 31.2. The summed E-state index contributed by atoms with van der Waals surface area (Å²) >= 11 is 5.87. The Bertz CT molecular complexity index is 3030. The van der Waals surface area contributed by atoms with E-state index in [-0.39, 0.29) is 28.5 Å². The third kappa shape index (κ3) is 12.8. The Morgan fingerprint density at radius 2 is 1.02 bits per heavy atom. The monoisotopic (exact) mass is 900 g/mol. The van der Waals surface area contributed by atoms with Gasteiger partial charge in [-0.05, 0) is 78.9 Å². The number of hydrogen-bond donors (Lipinski definition) is 4. The third-order valence-corrected chi connectivity index (χ3v) is 9.83. The van der Waals surface area contributed by atoms with E-state index in [1.54, 1.807) is 122 Å². The Morgan fingerprint density at radius 3 is 1.47 bits per heavy atom. The highest BCUT2D eigenvalue weighted by molar-refractivity contribution is 6.58. The summed E-state index contributed by atoms with van der Waals surface area (Å²) in [5, 5.41) is 23.0. The van der Waals surface area contributed by atoms with Crippen molar-refractivity contribution in [3.8, 4) is 11.3 Å². The average molecular weight is 901 g/mol. The van der Waals surface area contributed by atoms with Gasteiger partial charge in [-0.1, -0.05) is 83.5 Å². The molecule has 2 amide bonds. The summed E-state index contributed by atoms with van der Waals surface area (Å²) in [4.78, 5) is 75.6. The second kappa shape index (κ2) is 20.9. The standard InChI is InChI=1S/C25H22N4O2.C20H18ClN3O2.C5H6BNO2/c1-25(2,3)24(31)28-19-8-4-6-16(12-19)23(30)17-9-10-20-21(13-17)29-22(15-27-20)18-7-5-11-26-14-18;1-20(2,3)19(26)23-14-6-4-5-12(9-14)18(25)13-7-8-15-16(10-13)24-17(21)11-22-15;8-6(9)5-2-1-3-7-4-5/h4-15H,1-3H3,(H,28,31);4-11H,1-3H3,(H,23,26);1-4,8-9H. The molecule has 4 N–H and O–H groups in total. The molecule has 0 atom stereocenters. The van der Waals surface area contributed by atoms with E-state index in [2.05, 4.69) is 40.5 Å². The number of ketones is 2. The van der Waals surface area contributed by atoms with Gasteiger partial charge < -0.3 is 20.7 Å². The maximum atomic E-state index is 13.1. The minimum absolute atomic E-state index is 0.110. The first-order valence-corrected chi connectivity index (χ1v) is 21.0. The summed E-state index contributed by atoms with van der Waals surface area (Å²) < 4.78 is 0. The molecule has 0 saturated heterocycles. The van der Waals surface area contributed by atoms with Crippen LogP contribution in [0.25, 0.3) is 33.3 Å². The van der Waals surface area contributed by atoms with E-state index in [1.807, 2.05) is 53.7 Å². The van der Waals surface area contributed by atoms with Crippen molar-refractivity contribution in [3.05, 3.63) is 174 Å². The van der Waals surface area contributed by atoms with Gasteiger partial charge in [-0.15, -0.1) is 0 Å². The number of nitrogens with zero attached hydrogens (tertiary/aromatic N) is 6. The van der Waals surface area contributed by atoms with E-state index in [0.29, 0.717) is 66.9 Å². The largest absolute Gasteiger partial charge is 0.490 e. The van der Waals surface area contributed by atoms with Gasteiger partial charge in [0.05, 0.1) is 40.2 Å². The Hall–Kier alpha value is -7.59. The van der Waals surface area contributed by atoms with Crippen LogP contribution in [0, 0.1) is 10.8 Å². The molecule has 0 radical (unpaired) electrons. The molecule has 0 spiro atoms. The van der Waals surface area contributed by atoms with Crippen LogP contribution >= 0.6 is 11.6 Å². The molecule has 0 saturated carbocycles. The van der Waals surface area contributed by atoms with E-state index in [1.165, 1.54) is 12.4 Å². The number of anilines is 2. The lowest BCUT2D eigenvalue weighted by Gasteiger charge is -2.18. The molecule has 4 heterocycles. The first-order valence-electron chi connectivity index (χ1n) is 20.6. The molecule has 0 aliphatic rings. The lowest BCUT2D eigenvalue weighted by molar-refractivity contribution is -0.123. The maximum Gasteiger partial charge on any atom is 0.490 e. The van der Waals surface area contributed by atoms with Gasteiger partial charge in [0.15, 0.2) is 11.6 Å². The summed E-state index contributed by atoms with van der Waals surface area (Å²) in [6.07, 6.45) is 9.57. The molecule has 0 unspecified atom stereocenters. The van der Waals surface area contributed by atoms with Crippen LogP contribution in [0.2, 0.25) is 5.15 Å². The van der Waals surface area contributed by atoms with Gasteiger partial charge in [0.1, 0.15) is 5.15 Å². The van der Waals surface area contributed by atoms with E-state index in [4.69, 9.17) is 21.6 Å². The van der Waals surface area contributed by atoms with Crippen LogP contribution in [0.15, 0.2) is 146 Å². The highest BCUT2D eigenvalue weighted by atomic mass is 35.5. The number of benzene rings is 4. The molecular weight excluding hydrogens is 855 g/mol. The number of rotatable bonds is 8. The van der Waals surface area contributed by atoms with Crippen LogP contribution in [0.3, 0.4) is 0 Å². The molecular formula is C50H46BClN8O6. The number of amides is 2. The lowest BCUT2D eigenvalue weighted by Crippen LogP contribution is -2.29. The van der Waals surface area contributed by atoms with Crippen molar-refractivity contribution < 1.29 is 29.2 Å². The van der Waals surface area contributed by atoms with Crippen molar-refractivity contribution in [2.45, 2.75) is 41.5 Å². The van der Waals surface area contributed by atoms with E-state index in [9.17, 15) is 19.2 Å². The van der Waals surface area contributed by atoms with Crippen molar-refractivity contribution >= 4 is 81.0 Å². The Morgan fingerprint density at radius 1 is 0.530 bits per heavy atom. The summed E-state index contributed by atoms with van der Waals surface area (Å²) in [5.74, 6) is -0.540. The van der Waals surface area contributed by atoms with Gasteiger partial charge in [-0.25, -0.2) is 9.97 Å². The van der Waals surface area contributed by atoms with Crippen LogP contribution in [0.4, 0.5) is 11.4 Å². The number of carbonyl (C=O) groups is 4. The maximum absolute atomic E-state index is 13.1. The molecule has 8 aromatic rings. The topological polar surface area (TPSA) is 210 Å². The number of halogens is 1. The Kier molecular flexibility index (Phi) is 15.2. The zero-order chi connectivity index (χ0) is 47.6. The number of hydrogen-bond acceptors (Lipinski definition) is 12. The summed E-state index contributed by atoms with van der Waals surface area (Å²) in [7, 11) is -1.40. The van der Waals surface area contributed by atoms with Gasteiger partial charge in [0.2, 0.25) is 11.8 Å². The van der Waals surface area contributed by atoms with Crippen molar-refractivity contribution in [3.63, 3.8) is 0 Å². The predicted octanol–water partition coefficient (Wildman–Crippen LogP) is 8.17. The van der Waals surface area contributed by atoms with Crippen LogP contribution in [0.5, 0.6) is 0 Å². The number of pyridine rings is 2. The fourth-order valence-electron chi connectivity index (χ4n) is 5.91. The van der Waals surface area contributed by atoms with Crippen LogP contribution < -0.4 is 16.1 Å². The molecule has 332 valence electrons. The molecule has 0 fully saturated rings. The number of aromatic nitrogens is 6. The molecule has 4 aromatic carbocycles. The second-order valence-corrected chi connectivity index (χ2v) is 17.4. The molecule has 4 aromatic heterocycles. The summed E-state index contributed by atoms with van der Waals surface area (Å²) in [6.45, 7) is 11.0. The Balaban J connectivity index is 0.000000186. The molecule has 14 nitrogen and oxygen atoms in total. The summed E-state index contributed by atoms with van der Waals surface area (Å²) in [5.41, 5.74) is 6.60. The molecule has 16 heteroatoms. The van der Waals surface area contributed by atoms with Gasteiger partial charge in [0, 0.05) is 80.3 Å². The SMILES string of the molecule is CC(C)(C)C(=O)Nc1cccc(C(=O)c2ccc3ncc(-c4cccnc4)nc3c2)c1.CC(C)(C)C(=O)Nc1cccc(C(=O)c2ccc3ncc(Cl)nc3c2)c1.OB(O)c1cccnc1. The molecule has 66 heavy (non-hydrogen) atoms. The van der Waals surface area contributed by atoms with Crippen LogP contribution in [-0.2, 0) is 9.59 Å². The lowest BCUT2D eigenvalue weighted by atomic mass is 9.82. The molecule has 0 aliphatic carbocycles. The third-order valence-electron chi connectivity index (χ3n) is 9.65. The number of fused-ring (bicyclic) bond motifs is 2. The minimum Gasteiger partial charge on any atom is -0.423 e. The minimum atomic E-state index is -1.40. The highest BCUT2D eigenvalue weighted by Crippen LogP contribution is 2.24. The van der Waals surface area contributed by atoms with Crippen LogP contribution in [0.1, 0.15) is 73.4 Å². The van der Waals surface area contributed by atoms with E-state index >= 15 is 0 Å². The quantitative estimate of drug-likeness (QED) is 0.0841. The molecule has 8 rings (SSSR count). The van der Waals surface area contributed by atoms with Gasteiger partial charge in [0.25, 0.3) is 0 Å². The fraction of sp³-hybridized carbons (Fsp3) is 0.160. The second-order valence-electron chi connectivity index (χ2n) is 17.0. The Labute approximate surface area is 386 Å². The van der Waals surface area contributed by atoms with Crippen molar-refractivity contribution in [2.75, 3.05) is 10.6 Å². The van der Waals surface area contributed by atoms with Crippen molar-refractivity contribution in [1.29, 1.82) is 0 Å². The molecule has 0 bridgehead atoms. The normalized spacial score (nSPS) is 11.0. The number of carbonyl (C=O) groups excluding carboxylic acids is 4. The highest BCUT2D eigenvalue weighted by Gasteiger charge is 2.23. The molecule has 0 aliphatic heterocycles. The predicted molar refractivity (Wildman–Crippen MR) is 257 cm³/mol.